The maximum absolute atomic E-state index is 13.4. The predicted octanol–water partition coefficient (Wildman–Crippen LogP) is 6.55. The summed E-state index contributed by atoms with van der Waals surface area (Å²) >= 11 is 0. The second-order valence-corrected chi connectivity index (χ2v) is 11.2. The lowest BCUT2D eigenvalue weighted by Gasteiger charge is -2.33. The van der Waals surface area contributed by atoms with E-state index in [2.05, 4.69) is 0 Å². The van der Waals surface area contributed by atoms with Crippen molar-refractivity contribution in [2.45, 2.75) is 77.0 Å². The second kappa shape index (κ2) is 12.5. The molecule has 14 heteroatoms. The van der Waals surface area contributed by atoms with Crippen molar-refractivity contribution in [2.75, 3.05) is 18.0 Å². The molecule has 1 aromatic carbocycles. The van der Waals surface area contributed by atoms with E-state index in [0.29, 0.717) is 35.6 Å². The quantitative estimate of drug-likeness (QED) is 0.195. The highest BCUT2D eigenvalue weighted by atomic mass is 19.4. The number of carboxylic acid groups (broad SMARTS) is 1. The Morgan fingerprint density at radius 2 is 1.65 bits per heavy atom. The van der Waals surface area contributed by atoms with Crippen molar-refractivity contribution in [3.05, 3.63) is 64.1 Å². The van der Waals surface area contributed by atoms with Crippen LogP contribution < -0.4 is 9.63 Å². The predicted molar refractivity (Wildman–Crippen MR) is 142 cm³/mol. The number of hydrogen-bond acceptors (Lipinski definition) is 5. The fourth-order valence-corrected chi connectivity index (χ4v) is 5.99. The molecular formula is C29H33F6N3O5. The van der Waals surface area contributed by atoms with Crippen molar-refractivity contribution in [3.63, 3.8) is 0 Å². The largest absolute Gasteiger partial charge is 0.618 e. The molecule has 8 nitrogen and oxygen atoms in total. The molecule has 1 saturated heterocycles. The van der Waals surface area contributed by atoms with Gasteiger partial charge in [-0.05, 0) is 81.2 Å². The Morgan fingerprint density at radius 1 is 1.07 bits per heavy atom. The average Bonchev–Trinajstić information content (AvgIpc) is 3.20. The molecule has 236 valence electrons. The Hall–Kier alpha value is -3.71. The van der Waals surface area contributed by atoms with Crippen molar-refractivity contribution in [2.24, 2.45) is 11.8 Å². The summed E-state index contributed by atoms with van der Waals surface area (Å²) in [6.07, 6.45) is -7.96. The molecule has 2 aromatic rings. The molecule has 2 atom stereocenters. The molecule has 0 radical (unpaired) electrons. The van der Waals surface area contributed by atoms with Gasteiger partial charge in [0.1, 0.15) is 18.3 Å². The first-order valence-electron chi connectivity index (χ1n) is 14.0. The van der Waals surface area contributed by atoms with Crippen LogP contribution in [0, 0.1) is 17.0 Å². The number of carbonyl (C=O) groups is 2. The van der Waals surface area contributed by atoms with Gasteiger partial charge in [-0.1, -0.05) is 0 Å². The zero-order valence-electron chi connectivity index (χ0n) is 23.6. The highest BCUT2D eigenvalue weighted by Crippen LogP contribution is 2.41. The van der Waals surface area contributed by atoms with Crippen LogP contribution in [-0.4, -0.2) is 41.2 Å². The minimum Gasteiger partial charge on any atom is -0.618 e. The summed E-state index contributed by atoms with van der Waals surface area (Å²) in [6.45, 7) is 4.15. The van der Waals surface area contributed by atoms with Crippen LogP contribution in [0.3, 0.4) is 0 Å². The SMILES string of the molecule is CCN(C[C@H]1CC[C@H](CC(=O)O)CC1)c1ccc[n+]([O-])c1CN1C(=O)O[C@H](c2cc(C(F)(F)F)cc(C(F)(F)F)c2)[C@@H]1C. The van der Waals surface area contributed by atoms with E-state index in [1.807, 2.05) is 11.8 Å². The standard InChI is InChI=1S/C29H33F6N3O5/c1-3-36(15-19-8-6-18(7-9-19)11-25(39)40)23-5-4-10-38(42)24(23)16-37-17(2)26(43-27(37)41)20-12-21(28(30,31)32)14-22(13-20)29(33,34)35/h4-5,10,12-14,17-19,26H,3,6-9,11,15-16H2,1-2H3,(H,39,40)/t17-,18-,19-,26-/m0/s1. The second-order valence-electron chi connectivity index (χ2n) is 11.2. The molecule has 1 saturated carbocycles. The maximum atomic E-state index is 13.4. The number of benzene rings is 1. The Kier molecular flexibility index (Phi) is 9.36. The van der Waals surface area contributed by atoms with Crippen LogP contribution in [0.1, 0.15) is 74.4 Å². The minimum atomic E-state index is -5.06. The van der Waals surface area contributed by atoms with Crippen molar-refractivity contribution >= 4 is 17.7 Å². The number of nitrogens with zero attached hydrogens (tertiary/aromatic N) is 3. The normalized spacial score (nSPS) is 22.9. The number of cyclic esters (lactones) is 1. The molecule has 1 amide bonds. The number of carboxylic acids is 1. The molecule has 1 N–H and O–H groups in total. The van der Waals surface area contributed by atoms with Crippen LogP contribution >= 0.6 is 0 Å². The molecule has 2 aliphatic rings. The van der Waals surface area contributed by atoms with Crippen molar-refractivity contribution in [1.29, 1.82) is 0 Å². The summed E-state index contributed by atoms with van der Waals surface area (Å²) in [5, 5.41) is 22.0. The zero-order chi connectivity index (χ0) is 31.7. The average molecular weight is 618 g/mol. The number of aromatic nitrogens is 1. The van der Waals surface area contributed by atoms with Crippen LogP contribution in [0.4, 0.5) is 36.8 Å². The van der Waals surface area contributed by atoms with E-state index in [1.165, 1.54) is 13.1 Å². The number of carbonyl (C=O) groups excluding carboxylic acids is 1. The fourth-order valence-electron chi connectivity index (χ4n) is 5.99. The van der Waals surface area contributed by atoms with Gasteiger partial charge in [-0.3, -0.25) is 9.69 Å². The Morgan fingerprint density at radius 3 is 2.19 bits per heavy atom. The number of anilines is 1. The number of alkyl halides is 6. The summed E-state index contributed by atoms with van der Waals surface area (Å²) in [4.78, 5) is 27.1. The van der Waals surface area contributed by atoms with Crippen molar-refractivity contribution in [1.82, 2.24) is 4.90 Å². The molecule has 1 aromatic heterocycles. The first-order chi connectivity index (χ1) is 20.1. The van der Waals surface area contributed by atoms with Crippen LogP contribution in [0.15, 0.2) is 36.5 Å². The smallest absolute Gasteiger partial charge is 0.416 e. The van der Waals surface area contributed by atoms with Crippen molar-refractivity contribution < 1.29 is 50.5 Å². The molecule has 2 heterocycles. The zero-order valence-corrected chi connectivity index (χ0v) is 23.6. The van der Waals surface area contributed by atoms with Gasteiger partial charge >= 0.3 is 24.4 Å². The monoisotopic (exact) mass is 617 g/mol. The van der Waals surface area contributed by atoms with Gasteiger partial charge in [0, 0.05) is 25.6 Å². The molecule has 43 heavy (non-hydrogen) atoms. The summed E-state index contributed by atoms with van der Waals surface area (Å²) in [7, 11) is 0. The van der Waals surface area contributed by atoms with Crippen LogP contribution in [0.2, 0.25) is 0 Å². The fraction of sp³-hybridized carbons (Fsp3) is 0.552. The third-order valence-electron chi connectivity index (χ3n) is 8.32. The van der Waals surface area contributed by atoms with Gasteiger partial charge in [-0.15, -0.1) is 0 Å². The van der Waals surface area contributed by atoms with Gasteiger partial charge in [0.25, 0.3) is 0 Å². The minimum absolute atomic E-state index is 0.0112. The maximum Gasteiger partial charge on any atom is 0.416 e. The Bertz CT molecular complexity index is 1290. The highest BCUT2D eigenvalue weighted by Gasteiger charge is 2.44. The molecule has 1 aliphatic heterocycles. The molecular weight excluding hydrogens is 584 g/mol. The number of rotatable bonds is 9. The summed E-state index contributed by atoms with van der Waals surface area (Å²) < 4.78 is 86.5. The molecule has 2 fully saturated rings. The van der Waals surface area contributed by atoms with Crippen LogP contribution in [-0.2, 0) is 28.4 Å². The number of hydrogen-bond donors (Lipinski definition) is 1. The lowest BCUT2D eigenvalue weighted by Crippen LogP contribution is -2.42. The Labute approximate surface area is 244 Å². The Balaban J connectivity index is 1.56. The van der Waals surface area contributed by atoms with Gasteiger partial charge < -0.3 is 20.0 Å². The third-order valence-corrected chi connectivity index (χ3v) is 8.32. The van der Waals surface area contributed by atoms with E-state index in [0.717, 1.165) is 30.6 Å². The van der Waals surface area contributed by atoms with E-state index in [1.54, 1.807) is 12.1 Å². The molecule has 1 aliphatic carbocycles. The van der Waals surface area contributed by atoms with Gasteiger partial charge in [-0.25, -0.2) is 4.79 Å². The first kappa shape index (κ1) is 32.2. The first-order valence-corrected chi connectivity index (χ1v) is 14.0. The van der Waals surface area contributed by atoms with E-state index in [-0.39, 0.29) is 36.6 Å². The summed E-state index contributed by atoms with van der Waals surface area (Å²) in [5.41, 5.74) is -2.78. The number of amides is 1. The number of halogens is 6. The molecule has 0 bridgehead atoms. The van der Waals surface area contributed by atoms with Gasteiger partial charge in [0.2, 0.25) is 5.69 Å². The van der Waals surface area contributed by atoms with Gasteiger partial charge in [0.05, 0.1) is 17.2 Å². The van der Waals surface area contributed by atoms with Gasteiger partial charge in [-0.2, -0.15) is 31.1 Å². The van der Waals surface area contributed by atoms with E-state index in [4.69, 9.17) is 9.84 Å². The lowest BCUT2D eigenvalue weighted by atomic mass is 9.80. The number of pyridine rings is 1. The van der Waals surface area contributed by atoms with E-state index < -0.39 is 53.3 Å². The third kappa shape index (κ3) is 7.45. The van der Waals surface area contributed by atoms with Crippen molar-refractivity contribution in [3.8, 4) is 0 Å². The number of ether oxygens (including phenoxy) is 1. The molecule has 4 rings (SSSR count). The van der Waals surface area contributed by atoms with Gasteiger partial charge in [0.15, 0.2) is 6.20 Å². The summed E-state index contributed by atoms with van der Waals surface area (Å²) in [5.74, 6) is -0.445. The number of aliphatic carboxylic acids is 1. The van der Waals surface area contributed by atoms with E-state index in [9.17, 15) is 41.1 Å². The molecule has 0 unspecified atom stereocenters. The summed E-state index contributed by atoms with van der Waals surface area (Å²) in [6, 6.07) is 3.36. The van der Waals surface area contributed by atoms with Crippen LogP contribution in [0.25, 0.3) is 0 Å². The van der Waals surface area contributed by atoms with E-state index >= 15 is 0 Å². The highest BCUT2D eigenvalue weighted by molar-refractivity contribution is 5.71. The van der Waals surface area contributed by atoms with Crippen LogP contribution in [0.5, 0.6) is 0 Å². The topological polar surface area (TPSA) is 97.0 Å². The molecule has 0 spiro atoms. The lowest BCUT2D eigenvalue weighted by molar-refractivity contribution is -0.614.